The van der Waals surface area contributed by atoms with Gasteiger partial charge in [0.05, 0.1) is 0 Å². The van der Waals surface area contributed by atoms with Crippen LogP contribution in [0.25, 0.3) is 27.9 Å². The van der Waals surface area contributed by atoms with Crippen LogP contribution in [0.3, 0.4) is 0 Å². The van der Waals surface area contributed by atoms with Crippen LogP contribution < -0.4 is 5.43 Å². The summed E-state index contributed by atoms with van der Waals surface area (Å²) in [5.74, 6) is 0.653. The number of hydrogen-bond acceptors (Lipinski definition) is 3. The molecule has 1 heterocycles. The van der Waals surface area contributed by atoms with Gasteiger partial charge < -0.3 is 9.52 Å². The third kappa shape index (κ3) is 2.76. The van der Waals surface area contributed by atoms with E-state index in [0.29, 0.717) is 11.3 Å². The average Bonchev–Trinajstić information content (AvgIpc) is 2.71. The fourth-order valence-electron chi connectivity index (χ4n) is 3.34. The molecule has 130 valence electrons. The van der Waals surface area contributed by atoms with Crippen molar-refractivity contribution in [3.05, 3.63) is 82.1 Å². The first-order chi connectivity index (χ1) is 12.3. The van der Waals surface area contributed by atoms with Gasteiger partial charge in [-0.05, 0) is 42.3 Å². The fraction of sp³-hybridized carbons (Fsp3) is 0.174. The first-order valence-corrected chi connectivity index (χ1v) is 8.63. The summed E-state index contributed by atoms with van der Waals surface area (Å²) < 4.78 is 5.92. The molecule has 0 unspecified atom stereocenters. The third-order valence-electron chi connectivity index (χ3n) is 4.81. The summed E-state index contributed by atoms with van der Waals surface area (Å²) in [4.78, 5) is 11.8. The van der Waals surface area contributed by atoms with E-state index in [0.717, 1.165) is 27.7 Å². The fourth-order valence-corrected chi connectivity index (χ4v) is 3.34. The summed E-state index contributed by atoms with van der Waals surface area (Å²) in [6, 6.07) is 9.98. The highest BCUT2D eigenvalue weighted by Crippen LogP contribution is 2.41. The predicted molar refractivity (Wildman–Crippen MR) is 105 cm³/mol. The largest absolute Gasteiger partial charge is 0.508 e. The molecule has 3 heteroatoms. The number of hydrogen-bond donors (Lipinski definition) is 1. The van der Waals surface area contributed by atoms with Crippen LogP contribution in [0.1, 0.15) is 26.3 Å². The van der Waals surface area contributed by atoms with Gasteiger partial charge in [0.1, 0.15) is 17.1 Å². The molecule has 4 rings (SSSR count). The molecule has 3 aliphatic rings. The van der Waals surface area contributed by atoms with Crippen LogP contribution >= 0.6 is 0 Å². The minimum absolute atomic E-state index is 0.0335. The van der Waals surface area contributed by atoms with E-state index in [1.165, 1.54) is 6.07 Å². The number of phenolic OH excluding ortho intramolecular Hbond substituents is 1. The number of aromatic hydroxyl groups is 1. The van der Waals surface area contributed by atoms with Crippen molar-refractivity contribution in [2.24, 2.45) is 5.41 Å². The van der Waals surface area contributed by atoms with Gasteiger partial charge in [-0.15, -0.1) is 0 Å². The highest BCUT2D eigenvalue weighted by molar-refractivity contribution is 6.01. The molecule has 0 bridgehead atoms. The molecule has 1 aromatic carbocycles. The Hall–Kier alpha value is -3.07. The van der Waals surface area contributed by atoms with Crippen molar-refractivity contribution in [2.75, 3.05) is 0 Å². The number of allylic oxidation sites excluding steroid dienone is 6. The van der Waals surface area contributed by atoms with Gasteiger partial charge in [0.15, 0.2) is 5.43 Å². The van der Waals surface area contributed by atoms with Crippen molar-refractivity contribution in [1.29, 1.82) is 0 Å². The molecule has 0 spiro atoms. The van der Waals surface area contributed by atoms with E-state index in [9.17, 15) is 9.90 Å². The van der Waals surface area contributed by atoms with Gasteiger partial charge in [0.2, 0.25) is 0 Å². The Morgan fingerprint density at radius 1 is 1.00 bits per heavy atom. The van der Waals surface area contributed by atoms with E-state index >= 15 is 0 Å². The second-order valence-corrected chi connectivity index (χ2v) is 7.40. The van der Waals surface area contributed by atoms with Crippen molar-refractivity contribution < 1.29 is 9.52 Å². The number of rotatable bonds is 1. The van der Waals surface area contributed by atoms with E-state index < -0.39 is 0 Å². The third-order valence-corrected chi connectivity index (χ3v) is 4.81. The second-order valence-electron chi connectivity index (χ2n) is 7.40. The topological polar surface area (TPSA) is 50.4 Å². The molecule has 2 aliphatic carbocycles. The molecule has 1 N–H and O–H groups in total. The quantitative estimate of drug-likeness (QED) is 0.591. The van der Waals surface area contributed by atoms with Crippen molar-refractivity contribution in [3.8, 4) is 17.1 Å². The van der Waals surface area contributed by atoms with Crippen LogP contribution in [0.15, 0.2) is 75.5 Å². The molecule has 0 aromatic heterocycles. The maximum Gasteiger partial charge on any atom is 0.182 e. The van der Waals surface area contributed by atoms with Gasteiger partial charge in [-0.2, -0.15) is 0 Å². The Morgan fingerprint density at radius 2 is 1.77 bits per heavy atom. The molecule has 26 heavy (non-hydrogen) atoms. The number of phenols is 1. The van der Waals surface area contributed by atoms with E-state index in [1.807, 2.05) is 12.1 Å². The van der Waals surface area contributed by atoms with Crippen LogP contribution in [-0.2, 0) is 0 Å². The van der Waals surface area contributed by atoms with Crippen molar-refractivity contribution in [3.63, 3.8) is 0 Å². The first-order valence-electron chi connectivity index (χ1n) is 8.63. The minimum atomic E-state index is -0.102. The molecule has 1 aliphatic heterocycles. The van der Waals surface area contributed by atoms with Crippen LogP contribution in [0.2, 0.25) is 0 Å². The molecule has 0 radical (unpaired) electrons. The van der Waals surface area contributed by atoms with E-state index in [4.69, 9.17) is 4.42 Å². The van der Waals surface area contributed by atoms with Gasteiger partial charge in [0, 0.05) is 34.1 Å². The molecule has 0 atom stereocenters. The van der Waals surface area contributed by atoms with Gasteiger partial charge in [0.25, 0.3) is 0 Å². The maximum atomic E-state index is 11.8. The molecular formula is C23H20O3. The normalized spacial score (nSPS) is 16.4. The zero-order valence-corrected chi connectivity index (χ0v) is 15.0. The van der Waals surface area contributed by atoms with Gasteiger partial charge in [-0.25, -0.2) is 0 Å². The smallest absolute Gasteiger partial charge is 0.182 e. The molecular weight excluding hydrogens is 324 g/mol. The molecule has 0 amide bonds. The standard InChI is InChI=1S/C23H20O3/c1-14-8-10-23(2,3)11-9-17(14)22-18-6-4-15(24)12-20(18)26-21-13-16(25)5-7-19(21)22/h4-13,24H,1-3H3. The van der Waals surface area contributed by atoms with E-state index in [1.54, 1.807) is 18.2 Å². The number of benzene rings is 2. The highest BCUT2D eigenvalue weighted by atomic mass is 16.3. The van der Waals surface area contributed by atoms with Crippen molar-refractivity contribution in [2.45, 2.75) is 20.8 Å². The lowest BCUT2D eigenvalue weighted by atomic mass is 9.90. The predicted octanol–water partition coefficient (Wildman–Crippen LogP) is 5.53. The maximum absolute atomic E-state index is 11.8. The summed E-state index contributed by atoms with van der Waals surface area (Å²) in [5, 5.41) is 10.8. The van der Waals surface area contributed by atoms with E-state index in [-0.39, 0.29) is 16.6 Å². The summed E-state index contributed by atoms with van der Waals surface area (Å²) in [6.45, 7) is 6.41. The van der Waals surface area contributed by atoms with Crippen molar-refractivity contribution in [1.82, 2.24) is 0 Å². The molecule has 0 fully saturated rings. The van der Waals surface area contributed by atoms with Gasteiger partial charge >= 0.3 is 0 Å². The summed E-state index contributed by atoms with van der Waals surface area (Å²) >= 11 is 0. The SMILES string of the molecule is CC1=C(c2c3ccc(=O)cc-3oc3cc(O)ccc23)C=CC(C)(C)C=C1. The van der Waals surface area contributed by atoms with Gasteiger partial charge in [-0.1, -0.05) is 38.2 Å². The lowest BCUT2D eigenvalue weighted by Crippen LogP contribution is -2.02. The van der Waals surface area contributed by atoms with Crippen molar-refractivity contribution >= 4 is 16.5 Å². The van der Waals surface area contributed by atoms with Crippen LogP contribution in [-0.4, -0.2) is 5.11 Å². The highest BCUT2D eigenvalue weighted by Gasteiger charge is 2.21. The Kier molecular flexibility index (Phi) is 3.62. The van der Waals surface area contributed by atoms with Crippen LogP contribution in [0, 0.1) is 5.41 Å². The Bertz CT molecular complexity index is 1140. The molecule has 3 nitrogen and oxygen atoms in total. The van der Waals surface area contributed by atoms with Crippen LogP contribution in [0.4, 0.5) is 0 Å². The Balaban J connectivity index is 2.14. The first kappa shape index (κ1) is 16.4. The van der Waals surface area contributed by atoms with E-state index in [2.05, 4.69) is 45.1 Å². The lowest BCUT2D eigenvalue weighted by Gasteiger charge is -2.17. The monoisotopic (exact) mass is 344 g/mol. The minimum Gasteiger partial charge on any atom is -0.508 e. The summed E-state index contributed by atoms with van der Waals surface area (Å²) in [5.41, 5.74) is 4.54. The Morgan fingerprint density at radius 3 is 2.58 bits per heavy atom. The molecule has 1 aromatic rings. The summed E-state index contributed by atoms with van der Waals surface area (Å²) in [7, 11) is 0. The average molecular weight is 344 g/mol. The second kappa shape index (κ2) is 5.73. The number of fused-ring (bicyclic) bond motifs is 2. The molecule has 0 saturated carbocycles. The van der Waals surface area contributed by atoms with Crippen LogP contribution in [0.5, 0.6) is 5.75 Å². The summed E-state index contributed by atoms with van der Waals surface area (Å²) in [6.07, 6.45) is 8.64. The Labute approximate surface area is 151 Å². The van der Waals surface area contributed by atoms with Gasteiger partial charge in [-0.3, -0.25) is 4.79 Å². The zero-order valence-electron chi connectivity index (χ0n) is 15.0. The molecule has 0 saturated heterocycles. The lowest BCUT2D eigenvalue weighted by molar-refractivity contribution is 0.474. The zero-order chi connectivity index (χ0) is 18.5.